The maximum atomic E-state index is 5.82. The van der Waals surface area contributed by atoms with Gasteiger partial charge in [0.2, 0.25) is 0 Å². The fourth-order valence-electron chi connectivity index (χ4n) is 2.01. The highest BCUT2D eigenvalue weighted by molar-refractivity contribution is 5.44. The normalized spacial score (nSPS) is 12.9. The zero-order valence-electron chi connectivity index (χ0n) is 10.9. The van der Waals surface area contributed by atoms with Crippen molar-refractivity contribution in [3.05, 3.63) is 28.8 Å². The molecule has 2 N–H and O–H groups in total. The van der Waals surface area contributed by atoms with Crippen LogP contribution in [-0.2, 0) is 0 Å². The Labute approximate surface area is 98.2 Å². The molecule has 90 valence electrons. The van der Waals surface area contributed by atoms with E-state index in [1.807, 2.05) is 6.07 Å². The lowest BCUT2D eigenvalue weighted by Gasteiger charge is -2.26. The van der Waals surface area contributed by atoms with Crippen molar-refractivity contribution in [1.29, 1.82) is 0 Å². The Morgan fingerprint density at radius 1 is 1.25 bits per heavy atom. The molecule has 0 fully saturated rings. The number of methoxy groups -OCH3 is 1. The highest BCUT2D eigenvalue weighted by Crippen LogP contribution is 2.29. The summed E-state index contributed by atoms with van der Waals surface area (Å²) in [6.45, 7) is 4.83. The molecular formula is C13H22N2O. The zero-order valence-corrected chi connectivity index (χ0v) is 10.9. The molecule has 0 bridgehead atoms. The molecule has 1 rings (SSSR count). The first kappa shape index (κ1) is 13.0. The highest BCUT2D eigenvalue weighted by atomic mass is 16.5. The van der Waals surface area contributed by atoms with Crippen LogP contribution < -0.4 is 10.5 Å². The maximum Gasteiger partial charge on any atom is 0.122 e. The first-order valence-corrected chi connectivity index (χ1v) is 5.53. The van der Waals surface area contributed by atoms with E-state index >= 15 is 0 Å². The van der Waals surface area contributed by atoms with E-state index in [0.717, 1.165) is 5.75 Å². The van der Waals surface area contributed by atoms with E-state index < -0.39 is 0 Å². The Bertz CT molecular complexity index is 361. The van der Waals surface area contributed by atoms with Crippen molar-refractivity contribution in [2.24, 2.45) is 5.73 Å². The molecule has 1 aromatic carbocycles. The fourth-order valence-corrected chi connectivity index (χ4v) is 2.01. The minimum absolute atomic E-state index is 0.268. The van der Waals surface area contributed by atoms with E-state index in [1.165, 1.54) is 16.7 Å². The van der Waals surface area contributed by atoms with Gasteiger partial charge in [-0.3, -0.25) is 0 Å². The summed E-state index contributed by atoms with van der Waals surface area (Å²) in [7, 11) is 5.81. The molecule has 0 amide bonds. The Morgan fingerprint density at radius 3 is 2.31 bits per heavy atom. The Morgan fingerprint density at radius 2 is 1.88 bits per heavy atom. The van der Waals surface area contributed by atoms with E-state index in [9.17, 15) is 0 Å². The molecule has 1 aromatic rings. The lowest BCUT2D eigenvalue weighted by Crippen LogP contribution is -2.28. The van der Waals surface area contributed by atoms with Crippen LogP contribution in [0.1, 0.15) is 22.7 Å². The number of likely N-dealkylation sites (N-methyl/N-ethyl adjacent to an activating group) is 1. The summed E-state index contributed by atoms with van der Waals surface area (Å²) < 4.78 is 5.31. The third-order valence-corrected chi connectivity index (χ3v) is 3.20. The second-order valence-electron chi connectivity index (χ2n) is 4.32. The summed E-state index contributed by atoms with van der Waals surface area (Å²) in [5, 5.41) is 0. The Balaban J connectivity index is 3.20. The standard InChI is InChI=1S/C13H22N2O/c1-9-10(2)13(16-5)7-6-11(9)12(8-14)15(3)4/h6-7,12H,8,14H2,1-5H3. The lowest BCUT2D eigenvalue weighted by atomic mass is 9.96. The maximum absolute atomic E-state index is 5.82. The molecule has 0 spiro atoms. The van der Waals surface area contributed by atoms with E-state index in [1.54, 1.807) is 7.11 Å². The third kappa shape index (κ3) is 2.36. The Kier molecular flexibility index (Phi) is 4.33. The van der Waals surface area contributed by atoms with Gasteiger partial charge in [0.15, 0.2) is 0 Å². The van der Waals surface area contributed by atoms with Crippen molar-refractivity contribution in [2.45, 2.75) is 19.9 Å². The van der Waals surface area contributed by atoms with Gasteiger partial charge in [-0.1, -0.05) is 6.07 Å². The molecule has 0 saturated heterocycles. The van der Waals surface area contributed by atoms with Crippen LogP contribution >= 0.6 is 0 Å². The van der Waals surface area contributed by atoms with Crippen molar-refractivity contribution in [2.75, 3.05) is 27.7 Å². The minimum atomic E-state index is 0.268. The summed E-state index contributed by atoms with van der Waals surface area (Å²) in [5.41, 5.74) is 9.57. The lowest BCUT2D eigenvalue weighted by molar-refractivity contribution is 0.304. The first-order chi connectivity index (χ1) is 7.52. The summed E-state index contributed by atoms with van der Waals surface area (Å²) in [6.07, 6.45) is 0. The van der Waals surface area contributed by atoms with E-state index in [0.29, 0.717) is 6.54 Å². The average molecular weight is 222 g/mol. The van der Waals surface area contributed by atoms with Gasteiger partial charge in [-0.15, -0.1) is 0 Å². The number of hydrogen-bond donors (Lipinski definition) is 1. The second kappa shape index (κ2) is 5.32. The van der Waals surface area contributed by atoms with Crippen LogP contribution in [0.3, 0.4) is 0 Å². The summed E-state index contributed by atoms with van der Waals surface area (Å²) >= 11 is 0. The fraction of sp³-hybridized carbons (Fsp3) is 0.538. The van der Waals surface area contributed by atoms with Gasteiger partial charge in [0.05, 0.1) is 7.11 Å². The number of benzene rings is 1. The van der Waals surface area contributed by atoms with Crippen molar-refractivity contribution >= 4 is 0 Å². The molecule has 0 aliphatic rings. The van der Waals surface area contributed by atoms with Gasteiger partial charge in [-0.2, -0.15) is 0 Å². The topological polar surface area (TPSA) is 38.5 Å². The van der Waals surface area contributed by atoms with Crippen LogP contribution in [0.5, 0.6) is 5.75 Å². The van der Waals surface area contributed by atoms with Crippen LogP contribution in [0.25, 0.3) is 0 Å². The van der Waals surface area contributed by atoms with Crippen LogP contribution in [0.15, 0.2) is 12.1 Å². The summed E-state index contributed by atoms with van der Waals surface area (Å²) in [4.78, 5) is 2.15. The largest absolute Gasteiger partial charge is 0.496 e. The second-order valence-corrected chi connectivity index (χ2v) is 4.32. The van der Waals surface area contributed by atoms with E-state index in [-0.39, 0.29) is 6.04 Å². The van der Waals surface area contributed by atoms with Crippen molar-refractivity contribution in [3.63, 3.8) is 0 Å². The van der Waals surface area contributed by atoms with Gasteiger partial charge in [0.25, 0.3) is 0 Å². The smallest absolute Gasteiger partial charge is 0.122 e. The SMILES string of the molecule is COc1ccc(C(CN)N(C)C)c(C)c1C. The van der Waals surface area contributed by atoms with Crippen molar-refractivity contribution < 1.29 is 4.74 Å². The molecule has 0 radical (unpaired) electrons. The molecule has 1 atom stereocenters. The zero-order chi connectivity index (χ0) is 12.3. The molecule has 3 heteroatoms. The molecule has 16 heavy (non-hydrogen) atoms. The van der Waals surface area contributed by atoms with Crippen LogP contribution in [0, 0.1) is 13.8 Å². The van der Waals surface area contributed by atoms with Gasteiger partial charge >= 0.3 is 0 Å². The number of nitrogens with two attached hydrogens (primary N) is 1. The monoisotopic (exact) mass is 222 g/mol. The van der Waals surface area contributed by atoms with Gasteiger partial charge in [0.1, 0.15) is 5.75 Å². The van der Waals surface area contributed by atoms with Gasteiger partial charge in [-0.05, 0) is 50.7 Å². The molecular weight excluding hydrogens is 200 g/mol. The van der Waals surface area contributed by atoms with Gasteiger partial charge in [-0.25, -0.2) is 0 Å². The number of rotatable bonds is 4. The van der Waals surface area contributed by atoms with Crippen LogP contribution in [-0.4, -0.2) is 32.6 Å². The summed E-state index contributed by atoms with van der Waals surface area (Å²) in [6, 6.07) is 4.40. The average Bonchev–Trinajstić information content (AvgIpc) is 2.25. The highest BCUT2D eigenvalue weighted by Gasteiger charge is 2.16. The third-order valence-electron chi connectivity index (χ3n) is 3.20. The summed E-state index contributed by atoms with van der Waals surface area (Å²) in [5.74, 6) is 0.941. The quantitative estimate of drug-likeness (QED) is 0.845. The molecule has 0 heterocycles. The molecule has 3 nitrogen and oxygen atoms in total. The minimum Gasteiger partial charge on any atom is -0.496 e. The molecule has 0 aliphatic carbocycles. The van der Waals surface area contributed by atoms with Gasteiger partial charge in [0, 0.05) is 12.6 Å². The number of ether oxygens (including phenoxy) is 1. The van der Waals surface area contributed by atoms with Crippen LogP contribution in [0.2, 0.25) is 0 Å². The Hall–Kier alpha value is -1.06. The number of hydrogen-bond acceptors (Lipinski definition) is 3. The predicted molar refractivity (Wildman–Crippen MR) is 68.0 cm³/mol. The molecule has 0 aromatic heterocycles. The van der Waals surface area contributed by atoms with E-state index in [4.69, 9.17) is 10.5 Å². The first-order valence-electron chi connectivity index (χ1n) is 5.53. The molecule has 0 aliphatic heterocycles. The van der Waals surface area contributed by atoms with Crippen molar-refractivity contribution in [3.8, 4) is 5.75 Å². The predicted octanol–water partition coefficient (Wildman–Crippen LogP) is 1.87. The van der Waals surface area contributed by atoms with Crippen molar-refractivity contribution in [1.82, 2.24) is 4.90 Å². The number of nitrogens with zero attached hydrogens (tertiary/aromatic N) is 1. The molecule has 0 saturated carbocycles. The molecule has 1 unspecified atom stereocenters. The van der Waals surface area contributed by atoms with Gasteiger partial charge < -0.3 is 15.4 Å². The van der Waals surface area contributed by atoms with Crippen LogP contribution in [0.4, 0.5) is 0 Å². The van der Waals surface area contributed by atoms with E-state index in [2.05, 4.69) is 38.9 Å².